The SMILES string of the molecule is c1ccc(-c2cccc(-c3nc(-c4ccccc4)nc(-c4ccccc4-c4ccc(-c5nc(-c6ccccc6)nc(-c6ccccc6)n5)c(-c5ccccc5)c4)n3)c2)cc1. The number of nitrogens with zero attached hydrogens (tertiary/aromatic N) is 6. The zero-order chi connectivity index (χ0) is 40.1. The van der Waals surface area contributed by atoms with Crippen molar-refractivity contribution in [1.82, 2.24) is 29.9 Å². The molecule has 282 valence electrons. The number of rotatable bonds is 9. The highest BCUT2D eigenvalue weighted by molar-refractivity contribution is 5.89. The minimum absolute atomic E-state index is 0.586. The Bertz CT molecular complexity index is 3010. The predicted octanol–water partition coefficient (Wildman–Crippen LogP) is 13.1. The van der Waals surface area contributed by atoms with E-state index >= 15 is 0 Å². The molecule has 0 atom stereocenters. The molecule has 0 fully saturated rings. The smallest absolute Gasteiger partial charge is 0.164 e. The first kappa shape index (κ1) is 36.1. The Labute approximate surface area is 348 Å². The number of aromatic nitrogens is 6. The van der Waals surface area contributed by atoms with E-state index in [-0.39, 0.29) is 0 Å². The molecule has 60 heavy (non-hydrogen) atoms. The second-order valence-electron chi connectivity index (χ2n) is 14.3. The van der Waals surface area contributed by atoms with Crippen molar-refractivity contribution in [3.8, 4) is 102 Å². The highest BCUT2D eigenvalue weighted by atomic mass is 15.0. The van der Waals surface area contributed by atoms with Crippen molar-refractivity contribution in [2.24, 2.45) is 0 Å². The molecule has 6 nitrogen and oxygen atoms in total. The van der Waals surface area contributed by atoms with Gasteiger partial charge in [0.25, 0.3) is 0 Å². The minimum atomic E-state index is 0.586. The Hall–Kier alpha value is -8.22. The third-order valence-corrected chi connectivity index (χ3v) is 10.4. The van der Waals surface area contributed by atoms with E-state index in [1.165, 1.54) is 0 Å². The van der Waals surface area contributed by atoms with E-state index in [1.54, 1.807) is 0 Å². The van der Waals surface area contributed by atoms with Crippen LogP contribution in [0.4, 0.5) is 0 Å². The molecular weight excluding hydrogens is 733 g/mol. The van der Waals surface area contributed by atoms with Crippen LogP contribution in [0.2, 0.25) is 0 Å². The van der Waals surface area contributed by atoms with Gasteiger partial charge in [-0.25, -0.2) is 29.9 Å². The molecule has 0 saturated carbocycles. The van der Waals surface area contributed by atoms with Crippen molar-refractivity contribution in [3.05, 3.63) is 218 Å². The molecular formula is C54H36N6. The summed E-state index contributed by atoms with van der Waals surface area (Å²) in [6, 6.07) is 74.1. The van der Waals surface area contributed by atoms with Crippen LogP contribution < -0.4 is 0 Å². The normalized spacial score (nSPS) is 11.0. The third-order valence-electron chi connectivity index (χ3n) is 10.4. The van der Waals surface area contributed by atoms with Crippen molar-refractivity contribution >= 4 is 0 Å². The van der Waals surface area contributed by atoms with Gasteiger partial charge in [-0.05, 0) is 51.6 Å². The summed E-state index contributed by atoms with van der Waals surface area (Å²) in [5.74, 6) is 3.61. The van der Waals surface area contributed by atoms with Gasteiger partial charge in [0.15, 0.2) is 34.9 Å². The monoisotopic (exact) mass is 768 g/mol. The van der Waals surface area contributed by atoms with E-state index in [4.69, 9.17) is 29.9 Å². The topological polar surface area (TPSA) is 77.3 Å². The molecule has 10 rings (SSSR count). The first-order valence-electron chi connectivity index (χ1n) is 19.9. The van der Waals surface area contributed by atoms with E-state index in [0.29, 0.717) is 34.9 Å². The van der Waals surface area contributed by atoms with Crippen LogP contribution in [0.15, 0.2) is 218 Å². The molecule has 0 aliphatic heterocycles. The van der Waals surface area contributed by atoms with Crippen LogP contribution in [-0.4, -0.2) is 29.9 Å². The fraction of sp³-hybridized carbons (Fsp3) is 0. The van der Waals surface area contributed by atoms with Crippen molar-refractivity contribution < 1.29 is 0 Å². The fourth-order valence-corrected chi connectivity index (χ4v) is 7.43. The quantitative estimate of drug-likeness (QED) is 0.145. The highest BCUT2D eigenvalue weighted by Gasteiger charge is 2.20. The predicted molar refractivity (Wildman–Crippen MR) is 242 cm³/mol. The molecule has 0 aliphatic rings. The van der Waals surface area contributed by atoms with Crippen molar-refractivity contribution in [1.29, 1.82) is 0 Å². The lowest BCUT2D eigenvalue weighted by atomic mass is 9.92. The molecule has 2 aromatic heterocycles. The van der Waals surface area contributed by atoms with Gasteiger partial charge in [0.1, 0.15) is 0 Å². The Morgan fingerprint density at radius 2 is 0.517 bits per heavy atom. The van der Waals surface area contributed by atoms with E-state index < -0.39 is 0 Å². The zero-order valence-corrected chi connectivity index (χ0v) is 32.5. The van der Waals surface area contributed by atoms with Gasteiger partial charge in [-0.2, -0.15) is 0 Å². The summed E-state index contributed by atoms with van der Waals surface area (Å²) in [6.45, 7) is 0. The molecule has 2 heterocycles. The highest BCUT2D eigenvalue weighted by Crippen LogP contribution is 2.39. The van der Waals surface area contributed by atoms with Crippen LogP contribution in [0.1, 0.15) is 0 Å². The lowest BCUT2D eigenvalue weighted by Gasteiger charge is -2.16. The molecule has 0 saturated heterocycles. The maximum absolute atomic E-state index is 5.19. The van der Waals surface area contributed by atoms with Gasteiger partial charge in [-0.15, -0.1) is 0 Å². The fourth-order valence-electron chi connectivity index (χ4n) is 7.43. The van der Waals surface area contributed by atoms with E-state index in [0.717, 1.165) is 66.8 Å². The van der Waals surface area contributed by atoms with Crippen LogP contribution in [0.5, 0.6) is 0 Å². The lowest BCUT2D eigenvalue weighted by Crippen LogP contribution is -2.02. The zero-order valence-electron chi connectivity index (χ0n) is 32.5. The second kappa shape index (κ2) is 16.3. The van der Waals surface area contributed by atoms with Crippen LogP contribution in [0.25, 0.3) is 102 Å². The van der Waals surface area contributed by atoms with E-state index in [2.05, 4.69) is 109 Å². The summed E-state index contributed by atoms with van der Waals surface area (Å²) in [6.07, 6.45) is 0. The van der Waals surface area contributed by atoms with Crippen LogP contribution in [0, 0.1) is 0 Å². The lowest BCUT2D eigenvalue weighted by molar-refractivity contribution is 1.07. The number of hydrogen-bond acceptors (Lipinski definition) is 6. The molecule has 0 unspecified atom stereocenters. The van der Waals surface area contributed by atoms with E-state index in [1.807, 2.05) is 109 Å². The maximum atomic E-state index is 5.19. The summed E-state index contributed by atoms with van der Waals surface area (Å²) in [4.78, 5) is 30.5. The summed E-state index contributed by atoms with van der Waals surface area (Å²) >= 11 is 0. The van der Waals surface area contributed by atoms with Crippen LogP contribution >= 0.6 is 0 Å². The van der Waals surface area contributed by atoms with Gasteiger partial charge < -0.3 is 0 Å². The van der Waals surface area contributed by atoms with E-state index in [9.17, 15) is 0 Å². The number of hydrogen-bond donors (Lipinski definition) is 0. The molecule has 0 N–H and O–H groups in total. The first-order chi connectivity index (χ1) is 29.7. The molecule has 0 radical (unpaired) electrons. The Morgan fingerprint density at radius 1 is 0.167 bits per heavy atom. The van der Waals surface area contributed by atoms with Gasteiger partial charge in [-0.1, -0.05) is 200 Å². The van der Waals surface area contributed by atoms with Crippen LogP contribution in [-0.2, 0) is 0 Å². The van der Waals surface area contributed by atoms with Crippen molar-refractivity contribution in [3.63, 3.8) is 0 Å². The van der Waals surface area contributed by atoms with Gasteiger partial charge in [0, 0.05) is 33.4 Å². The largest absolute Gasteiger partial charge is 0.208 e. The van der Waals surface area contributed by atoms with Gasteiger partial charge in [0.05, 0.1) is 0 Å². The molecule has 0 bridgehead atoms. The maximum Gasteiger partial charge on any atom is 0.164 e. The standard InChI is InChI=1S/C54H36N6/c1-6-19-37(20-7-1)42-29-18-30-44(35-42)52-56-51(41-27-14-5-15-28-41)57-53(60-52)46-32-17-16-31-45(46)43-33-34-47(48(36-43)38-21-8-2-9-22-38)54-58-49(39-23-10-3-11-24-39)55-50(59-54)40-25-12-4-13-26-40/h1-36H. The average Bonchev–Trinajstić information content (AvgIpc) is 3.35. The van der Waals surface area contributed by atoms with Crippen LogP contribution in [0.3, 0.4) is 0 Å². The molecule has 0 spiro atoms. The summed E-state index contributed by atoms with van der Waals surface area (Å²) in [7, 11) is 0. The molecule has 0 amide bonds. The summed E-state index contributed by atoms with van der Waals surface area (Å²) in [5, 5.41) is 0. The third kappa shape index (κ3) is 7.49. The van der Waals surface area contributed by atoms with Crippen molar-refractivity contribution in [2.45, 2.75) is 0 Å². The summed E-state index contributed by atoms with van der Waals surface area (Å²) in [5.41, 5.74) is 11.7. The second-order valence-corrected chi connectivity index (χ2v) is 14.3. The Kier molecular flexibility index (Phi) is 9.84. The van der Waals surface area contributed by atoms with Gasteiger partial charge in [-0.3, -0.25) is 0 Å². The van der Waals surface area contributed by atoms with Crippen molar-refractivity contribution in [2.75, 3.05) is 0 Å². The minimum Gasteiger partial charge on any atom is -0.208 e. The molecule has 10 aromatic rings. The molecule has 6 heteroatoms. The number of benzene rings is 8. The summed E-state index contributed by atoms with van der Waals surface area (Å²) < 4.78 is 0. The molecule has 8 aromatic carbocycles. The first-order valence-corrected chi connectivity index (χ1v) is 19.9. The average molecular weight is 769 g/mol. The Balaban J connectivity index is 1.14. The Morgan fingerprint density at radius 3 is 1.02 bits per heavy atom. The van der Waals surface area contributed by atoms with Gasteiger partial charge in [0.2, 0.25) is 0 Å². The van der Waals surface area contributed by atoms with Gasteiger partial charge >= 0.3 is 0 Å². The molecule has 0 aliphatic carbocycles.